The number of benzene rings is 1. The lowest BCUT2D eigenvalue weighted by Crippen LogP contribution is -2.44. The van der Waals surface area contributed by atoms with E-state index in [-0.39, 0.29) is 23.0 Å². The molecule has 0 radical (unpaired) electrons. The Balaban J connectivity index is 2.07. The van der Waals surface area contributed by atoms with Crippen molar-refractivity contribution < 1.29 is 27.9 Å². The van der Waals surface area contributed by atoms with E-state index < -0.39 is 22.0 Å². The van der Waals surface area contributed by atoms with Gasteiger partial charge in [0.15, 0.2) is 0 Å². The van der Waals surface area contributed by atoms with Gasteiger partial charge in [-0.25, -0.2) is 18.0 Å². The first-order valence-corrected chi connectivity index (χ1v) is 11.2. The van der Waals surface area contributed by atoms with E-state index in [4.69, 9.17) is 9.84 Å². The standard InChI is InChI=1S/C21H29NO6S/c1-21(2,3)16-7-9-18(10-8-16)29(26,27)22-14-5-4-6-17(22)13-15-28-20(25)12-11-19(23)24/h7-12,17H,4-6,13-15H2,1-3H3,(H,23,24)/b12-11-/t17-/m0/s1. The van der Waals surface area contributed by atoms with Crippen molar-refractivity contribution >= 4 is 22.0 Å². The van der Waals surface area contributed by atoms with Gasteiger partial charge in [-0.1, -0.05) is 39.3 Å². The van der Waals surface area contributed by atoms with Gasteiger partial charge in [0.1, 0.15) is 0 Å². The van der Waals surface area contributed by atoms with E-state index in [1.807, 2.05) is 12.1 Å². The van der Waals surface area contributed by atoms with Crippen molar-refractivity contribution in [1.29, 1.82) is 0 Å². The van der Waals surface area contributed by atoms with E-state index in [0.717, 1.165) is 24.5 Å². The number of carbonyl (C=O) groups is 2. The molecule has 1 saturated heterocycles. The molecule has 0 aromatic heterocycles. The van der Waals surface area contributed by atoms with Crippen LogP contribution in [0.1, 0.15) is 52.0 Å². The third-order valence-electron chi connectivity index (χ3n) is 4.96. The maximum absolute atomic E-state index is 13.2. The molecule has 7 nitrogen and oxygen atoms in total. The summed E-state index contributed by atoms with van der Waals surface area (Å²) in [6, 6.07) is 6.74. The molecule has 0 spiro atoms. The van der Waals surface area contributed by atoms with Crippen molar-refractivity contribution in [1.82, 2.24) is 4.31 Å². The van der Waals surface area contributed by atoms with Crippen LogP contribution in [0.2, 0.25) is 0 Å². The molecular weight excluding hydrogens is 394 g/mol. The quantitative estimate of drug-likeness (QED) is 0.534. The number of sulfonamides is 1. The predicted molar refractivity (Wildman–Crippen MR) is 109 cm³/mol. The number of hydrogen-bond acceptors (Lipinski definition) is 5. The number of ether oxygens (including phenoxy) is 1. The molecule has 8 heteroatoms. The van der Waals surface area contributed by atoms with Crippen LogP contribution in [-0.4, -0.2) is 49.0 Å². The van der Waals surface area contributed by atoms with E-state index in [0.29, 0.717) is 25.5 Å². The number of esters is 1. The highest BCUT2D eigenvalue weighted by atomic mass is 32.2. The molecule has 1 aliphatic rings. The van der Waals surface area contributed by atoms with Gasteiger partial charge in [-0.3, -0.25) is 0 Å². The molecule has 0 aliphatic carbocycles. The summed E-state index contributed by atoms with van der Waals surface area (Å²) in [5.74, 6) is -1.99. The van der Waals surface area contributed by atoms with Crippen LogP contribution < -0.4 is 0 Å². The fourth-order valence-corrected chi connectivity index (χ4v) is 5.05. The third kappa shape index (κ3) is 6.40. The Hall–Kier alpha value is -2.19. The van der Waals surface area contributed by atoms with Crippen LogP contribution in [0, 0.1) is 0 Å². The lowest BCUT2D eigenvalue weighted by Gasteiger charge is -2.34. The van der Waals surface area contributed by atoms with Crippen LogP contribution in [-0.2, 0) is 29.8 Å². The molecular formula is C21H29NO6S. The monoisotopic (exact) mass is 423 g/mol. The molecule has 1 aliphatic heterocycles. The number of nitrogens with zero attached hydrogens (tertiary/aromatic N) is 1. The minimum Gasteiger partial charge on any atom is -0.478 e. The number of carboxylic acids is 1. The number of piperidine rings is 1. The molecule has 2 rings (SSSR count). The van der Waals surface area contributed by atoms with Crippen LogP contribution >= 0.6 is 0 Å². The SMILES string of the molecule is CC(C)(C)c1ccc(S(=O)(=O)N2CCCC[C@H]2CCOC(=O)/C=C\C(=O)O)cc1. The Morgan fingerprint density at radius 3 is 2.41 bits per heavy atom. The fourth-order valence-electron chi connectivity index (χ4n) is 3.32. The summed E-state index contributed by atoms with van der Waals surface area (Å²) in [6.45, 7) is 6.68. The summed E-state index contributed by atoms with van der Waals surface area (Å²) >= 11 is 0. The second-order valence-corrected chi connectivity index (χ2v) is 10.1. The van der Waals surface area contributed by atoms with E-state index in [9.17, 15) is 18.0 Å². The van der Waals surface area contributed by atoms with Gasteiger partial charge in [0, 0.05) is 24.7 Å². The van der Waals surface area contributed by atoms with Crippen molar-refractivity contribution in [2.75, 3.05) is 13.2 Å². The first-order chi connectivity index (χ1) is 13.5. The lowest BCUT2D eigenvalue weighted by molar-refractivity contribution is -0.139. The van der Waals surface area contributed by atoms with Gasteiger partial charge in [0.2, 0.25) is 10.0 Å². The Morgan fingerprint density at radius 1 is 1.17 bits per heavy atom. The maximum Gasteiger partial charge on any atom is 0.331 e. The van der Waals surface area contributed by atoms with Crippen LogP contribution in [0.3, 0.4) is 0 Å². The molecule has 0 amide bonds. The molecule has 1 heterocycles. The Labute approximate surface area is 172 Å². The topological polar surface area (TPSA) is 101 Å². The molecule has 0 unspecified atom stereocenters. The van der Waals surface area contributed by atoms with Gasteiger partial charge in [-0.15, -0.1) is 0 Å². The normalized spacial score (nSPS) is 18.7. The van der Waals surface area contributed by atoms with Crippen LogP contribution in [0.4, 0.5) is 0 Å². The van der Waals surface area contributed by atoms with E-state index in [1.165, 1.54) is 4.31 Å². The maximum atomic E-state index is 13.2. The van der Waals surface area contributed by atoms with Crippen molar-refractivity contribution in [3.05, 3.63) is 42.0 Å². The minimum atomic E-state index is -3.64. The van der Waals surface area contributed by atoms with Crippen molar-refractivity contribution in [2.24, 2.45) is 0 Å². The molecule has 1 aromatic rings. The zero-order chi connectivity index (χ0) is 21.7. The summed E-state index contributed by atoms with van der Waals surface area (Å²) in [7, 11) is -3.64. The van der Waals surface area contributed by atoms with Gasteiger partial charge in [-0.05, 0) is 42.4 Å². The highest BCUT2D eigenvalue weighted by Crippen LogP contribution is 2.29. The first-order valence-electron chi connectivity index (χ1n) is 9.72. The second-order valence-electron chi connectivity index (χ2n) is 8.17. The summed E-state index contributed by atoms with van der Waals surface area (Å²) in [5, 5.41) is 8.52. The van der Waals surface area contributed by atoms with Gasteiger partial charge in [0.05, 0.1) is 11.5 Å². The second kappa shape index (κ2) is 9.54. The largest absolute Gasteiger partial charge is 0.478 e. The summed E-state index contributed by atoms with van der Waals surface area (Å²) in [5.41, 5.74) is 1.00. The van der Waals surface area contributed by atoms with Gasteiger partial charge < -0.3 is 9.84 Å². The zero-order valence-corrected chi connectivity index (χ0v) is 17.9. The average molecular weight is 424 g/mol. The number of hydrogen-bond donors (Lipinski definition) is 1. The highest BCUT2D eigenvalue weighted by molar-refractivity contribution is 7.89. The van der Waals surface area contributed by atoms with Gasteiger partial charge in [-0.2, -0.15) is 4.31 Å². The first kappa shape index (κ1) is 23.1. The zero-order valence-electron chi connectivity index (χ0n) is 17.1. The number of rotatable bonds is 7. The van der Waals surface area contributed by atoms with Crippen LogP contribution in [0.5, 0.6) is 0 Å². The Kier molecular flexibility index (Phi) is 7.60. The average Bonchev–Trinajstić information content (AvgIpc) is 2.66. The number of aliphatic carboxylic acids is 1. The molecule has 1 fully saturated rings. The number of carboxylic acid groups (broad SMARTS) is 1. The summed E-state index contributed by atoms with van der Waals surface area (Å²) in [6.07, 6.45) is 4.31. The van der Waals surface area contributed by atoms with E-state index in [2.05, 4.69) is 20.8 Å². The Morgan fingerprint density at radius 2 is 1.83 bits per heavy atom. The fraction of sp³-hybridized carbons (Fsp3) is 0.524. The van der Waals surface area contributed by atoms with Crippen LogP contribution in [0.15, 0.2) is 41.3 Å². The van der Waals surface area contributed by atoms with Crippen molar-refractivity contribution in [2.45, 2.75) is 62.8 Å². The summed E-state index contributed by atoms with van der Waals surface area (Å²) < 4.78 is 32.9. The minimum absolute atomic E-state index is 0.0302. The van der Waals surface area contributed by atoms with E-state index >= 15 is 0 Å². The van der Waals surface area contributed by atoms with E-state index in [1.54, 1.807) is 12.1 Å². The smallest absolute Gasteiger partial charge is 0.331 e. The van der Waals surface area contributed by atoms with Crippen LogP contribution in [0.25, 0.3) is 0 Å². The van der Waals surface area contributed by atoms with Crippen molar-refractivity contribution in [3.8, 4) is 0 Å². The molecule has 29 heavy (non-hydrogen) atoms. The number of carbonyl (C=O) groups excluding carboxylic acids is 1. The van der Waals surface area contributed by atoms with Gasteiger partial charge >= 0.3 is 11.9 Å². The van der Waals surface area contributed by atoms with Gasteiger partial charge in [0.25, 0.3) is 0 Å². The Bertz CT molecular complexity index is 852. The predicted octanol–water partition coefficient (Wildman–Crippen LogP) is 3.10. The molecule has 0 bridgehead atoms. The molecule has 160 valence electrons. The molecule has 1 aromatic carbocycles. The molecule has 1 N–H and O–H groups in total. The molecule has 0 saturated carbocycles. The molecule has 1 atom stereocenters. The third-order valence-corrected chi connectivity index (χ3v) is 6.92. The lowest BCUT2D eigenvalue weighted by atomic mass is 9.87. The highest BCUT2D eigenvalue weighted by Gasteiger charge is 2.33. The summed E-state index contributed by atoms with van der Waals surface area (Å²) in [4.78, 5) is 22.2. The van der Waals surface area contributed by atoms with Crippen molar-refractivity contribution in [3.63, 3.8) is 0 Å².